The van der Waals surface area contributed by atoms with Crippen molar-refractivity contribution in [3.05, 3.63) is 37.1 Å². The number of carbonyl (C=O) groups is 1. The molecule has 0 aliphatic rings. The van der Waals surface area contributed by atoms with Crippen molar-refractivity contribution < 1.29 is 4.79 Å². The maximum absolute atomic E-state index is 11.0. The van der Waals surface area contributed by atoms with E-state index in [1.165, 1.54) is 11.8 Å². The predicted molar refractivity (Wildman–Crippen MR) is 81.2 cm³/mol. The molecule has 2 heterocycles. The Morgan fingerprint density at radius 1 is 1.39 bits per heavy atom. The minimum atomic E-state index is -0.0307. The van der Waals surface area contributed by atoms with Crippen LogP contribution in [0, 0.1) is 0 Å². The van der Waals surface area contributed by atoms with Gasteiger partial charge in [0.25, 0.3) is 0 Å². The number of nitrogens with one attached hydrogen (secondary N) is 2. The Bertz CT molecular complexity index is 536. The van der Waals surface area contributed by atoms with Gasteiger partial charge in [0.15, 0.2) is 0 Å². The van der Waals surface area contributed by atoms with Crippen molar-refractivity contribution in [2.75, 3.05) is 5.32 Å². The van der Waals surface area contributed by atoms with Crippen molar-refractivity contribution in [2.45, 2.75) is 20.0 Å². The monoisotopic (exact) mass is 344 g/mol. The van der Waals surface area contributed by atoms with Crippen LogP contribution < -0.4 is 10.6 Å². The zero-order valence-electron chi connectivity index (χ0n) is 9.83. The number of thiophene rings is 2. The molecule has 18 heavy (non-hydrogen) atoms. The second kappa shape index (κ2) is 6.47. The number of halogens is 1. The SMILES string of the molecule is CC(=O)Nc1ccsc1CNCc1cc(Br)cs1. The fourth-order valence-corrected chi connectivity index (χ4v) is 3.74. The molecule has 3 nitrogen and oxygen atoms in total. The quantitative estimate of drug-likeness (QED) is 0.865. The lowest BCUT2D eigenvalue weighted by Crippen LogP contribution is -2.13. The fourth-order valence-electron chi connectivity index (χ4n) is 1.52. The summed E-state index contributed by atoms with van der Waals surface area (Å²) >= 11 is 6.81. The summed E-state index contributed by atoms with van der Waals surface area (Å²) in [5.74, 6) is -0.0307. The van der Waals surface area contributed by atoms with Gasteiger partial charge in [-0.05, 0) is 33.4 Å². The van der Waals surface area contributed by atoms with Gasteiger partial charge in [-0.25, -0.2) is 0 Å². The van der Waals surface area contributed by atoms with Crippen molar-refractivity contribution in [3.63, 3.8) is 0 Å². The van der Waals surface area contributed by atoms with Crippen molar-refractivity contribution in [3.8, 4) is 0 Å². The Labute approximate surface area is 122 Å². The molecule has 2 aromatic heterocycles. The second-order valence-electron chi connectivity index (χ2n) is 3.77. The van der Waals surface area contributed by atoms with Crippen LogP contribution in [-0.2, 0) is 17.9 Å². The van der Waals surface area contributed by atoms with Crippen molar-refractivity contribution in [1.82, 2.24) is 5.32 Å². The molecule has 0 fully saturated rings. The Hall–Kier alpha value is -0.690. The third-order valence-electron chi connectivity index (χ3n) is 2.26. The molecule has 0 aliphatic heterocycles. The normalized spacial score (nSPS) is 10.6. The average Bonchev–Trinajstić information content (AvgIpc) is 2.88. The predicted octanol–water partition coefficient (Wildman–Crippen LogP) is 3.82. The van der Waals surface area contributed by atoms with E-state index in [1.54, 1.807) is 22.7 Å². The van der Waals surface area contributed by atoms with Crippen LogP contribution in [-0.4, -0.2) is 5.91 Å². The lowest BCUT2D eigenvalue weighted by Gasteiger charge is -2.05. The van der Waals surface area contributed by atoms with E-state index in [0.717, 1.165) is 28.1 Å². The average molecular weight is 345 g/mol. The van der Waals surface area contributed by atoms with E-state index in [2.05, 4.69) is 38.0 Å². The highest BCUT2D eigenvalue weighted by Gasteiger charge is 2.05. The molecule has 0 unspecified atom stereocenters. The molecule has 2 N–H and O–H groups in total. The number of carbonyl (C=O) groups excluding carboxylic acids is 1. The molecule has 96 valence electrons. The van der Waals surface area contributed by atoms with Crippen LogP contribution in [0.1, 0.15) is 16.7 Å². The molecule has 0 spiro atoms. The van der Waals surface area contributed by atoms with E-state index in [9.17, 15) is 4.79 Å². The van der Waals surface area contributed by atoms with Gasteiger partial charge < -0.3 is 10.6 Å². The molecular weight excluding hydrogens is 332 g/mol. The summed E-state index contributed by atoms with van der Waals surface area (Å²) in [6, 6.07) is 4.05. The minimum absolute atomic E-state index is 0.0307. The summed E-state index contributed by atoms with van der Waals surface area (Å²) in [6.45, 7) is 3.13. The number of hydrogen-bond donors (Lipinski definition) is 2. The Kier molecular flexibility index (Phi) is 4.94. The van der Waals surface area contributed by atoms with Crippen LogP contribution in [0.25, 0.3) is 0 Å². The first-order valence-electron chi connectivity index (χ1n) is 5.43. The van der Waals surface area contributed by atoms with Crippen LogP contribution in [0.5, 0.6) is 0 Å². The third-order valence-corrected chi connectivity index (χ3v) is 4.88. The maximum Gasteiger partial charge on any atom is 0.221 e. The van der Waals surface area contributed by atoms with Crippen LogP contribution in [0.3, 0.4) is 0 Å². The lowest BCUT2D eigenvalue weighted by atomic mass is 10.3. The third kappa shape index (κ3) is 3.91. The Morgan fingerprint density at radius 2 is 2.22 bits per heavy atom. The molecule has 0 radical (unpaired) electrons. The first-order valence-corrected chi connectivity index (χ1v) is 7.98. The van der Waals surface area contributed by atoms with Crippen LogP contribution in [0.2, 0.25) is 0 Å². The van der Waals surface area contributed by atoms with Crippen LogP contribution in [0.4, 0.5) is 5.69 Å². The Balaban J connectivity index is 1.86. The van der Waals surface area contributed by atoms with Gasteiger partial charge in [-0.15, -0.1) is 22.7 Å². The summed E-state index contributed by atoms with van der Waals surface area (Å²) < 4.78 is 1.12. The molecule has 2 rings (SSSR count). The molecule has 0 saturated heterocycles. The summed E-state index contributed by atoms with van der Waals surface area (Å²) in [4.78, 5) is 13.5. The standard InChI is InChI=1S/C12H13BrN2OS2/c1-8(16)15-11-2-3-17-12(11)6-14-5-10-4-9(13)7-18-10/h2-4,7,14H,5-6H2,1H3,(H,15,16). The molecule has 0 atom stereocenters. The van der Waals surface area contributed by atoms with Gasteiger partial charge in [0, 0.05) is 39.6 Å². The van der Waals surface area contributed by atoms with Gasteiger partial charge in [0.1, 0.15) is 0 Å². The molecule has 6 heteroatoms. The topological polar surface area (TPSA) is 41.1 Å². The number of anilines is 1. The smallest absolute Gasteiger partial charge is 0.221 e. The molecule has 0 aromatic carbocycles. The largest absolute Gasteiger partial charge is 0.325 e. The van der Waals surface area contributed by atoms with Gasteiger partial charge in [0.2, 0.25) is 5.91 Å². The van der Waals surface area contributed by atoms with E-state index >= 15 is 0 Å². The first kappa shape index (κ1) is 13.7. The summed E-state index contributed by atoms with van der Waals surface area (Å²) in [7, 11) is 0. The molecule has 0 bridgehead atoms. The highest BCUT2D eigenvalue weighted by Crippen LogP contribution is 2.23. The zero-order valence-corrected chi connectivity index (χ0v) is 13.0. The van der Waals surface area contributed by atoms with Crippen molar-refractivity contribution in [1.29, 1.82) is 0 Å². The molecule has 2 aromatic rings. The molecule has 0 aliphatic carbocycles. The van der Waals surface area contributed by atoms with E-state index in [-0.39, 0.29) is 5.91 Å². The molecule has 1 amide bonds. The molecule has 0 saturated carbocycles. The van der Waals surface area contributed by atoms with E-state index < -0.39 is 0 Å². The summed E-state index contributed by atoms with van der Waals surface area (Å²) in [5, 5.41) is 10.3. The summed E-state index contributed by atoms with van der Waals surface area (Å²) in [6.07, 6.45) is 0. The van der Waals surface area contributed by atoms with Gasteiger partial charge in [-0.1, -0.05) is 0 Å². The van der Waals surface area contributed by atoms with Gasteiger partial charge in [-0.2, -0.15) is 0 Å². The van der Waals surface area contributed by atoms with Crippen LogP contribution in [0.15, 0.2) is 27.4 Å². The first-order chi connectivity index (χ1) is 8.65. The highest BCUT2D eigenvalue weighted by molar-refractivity contribution is 9.10. The maximum atomic E-state index is 11.0. The van der Waals surface area contributed by atoms with Crippen molar-refractivity contribution >= 4 is 50.2 Å². The highest BCUT2D eigenvalue weighted by atomic mass is 79.9. The summed E-state index contributed by atoms with van der Waals surface area (Å²) in [5.41, 5.74) is 0.910. The number of hydrogen-bond acceptors (Lipinski definition) is 4. The fraction of sp³-hybridized carbons (Fsp3) is 0.250. The molecular formula is C12H13BrN2OS2. The van der Waals surface area contributed by atoms with Gasteiger partial charge >= 0.3 is 0 Å². The number of rotatable bonds is 5. The second-order valence-corrected chi connectivity index (χ2v) is 6.69. The minimum Gasteiger partial charge on any atom is -0.325 e. The van der Waals surface area contributed by atoms with E-state index in [4.69, 9.17) is 0 Å². The van der Waals surface area contributed by atoms with E-state index in [1.807, 2.05) is 11.4 Å². The Morgan fingerprint density at radius 3 is 2.89 bits per heavy atom. The zero-order chi connectivity index (χ0) is 13.0. The van der Waals surface area contributed by atoms with Gasteiger partial charge in [0.05, 0.1) is 5.69 Å². The lowest BCUT2D eigenvalue weighted by molar-refractivity contribution is -0.114. The van der Waals surface area contributed by atoms with E-state index in [0.29, 0.717) is 0 Å². The van der Waals surface area contributed by atoms with Crippen molar-refractivity contribution in [2.24, 2.45) is 0 Å². The number of amides is 1. The van der Waals surface area contributed by atoms with Gasteiger partial charge in [-0.3, -0.25) is 4.79 Å². The van der Waals surface area contributed by atoms with Crippen LogP contribution >= 0.6 is 38.6 Å².